The molecule has 0 fully saturated rings. The number of thioether (sulfide) groups is 1. The van der Waals surface area contributed by atoms with Crippen LogP contribution in [0.1, 0.15) is 23.6 Å². The zero-order valence-corrected chi connectivity index (χ0v) is 17.1. The Morgan fingerprint density at radius 2 is 1.88 bits per heavy atom. The predicted molar refractivity (Wildman–Crippen MR) is 113 cm³/mol. The minimum absolute atomic E-state index is 0.0876. The number of benzene rings is 2. The minimum atomic E-state index is -0.0876. The van der Waals surface area contributed by atoms with Crippen LogP contribution in [0.3, 0.4) is 0 Å². The van der Waals surface area contributed by atoms with Crippen LogP contribution in [-0.4, -0.2) is 22.5 Å². The quantitative estimate of drug-likeness (QED) is 0.622. The summed E-state index contributed by atoms with van der Waals surface area (Å²) >= 11 is 3.40. The molecular weight excluding hydrogens is 360 g/mol. The molecule has 0 unspecified atom stereocenters. The molecule has 0 saturated heterocycles. The van der Waals surface area contributed by atoms with Gasteiger partial charge < -0.3 is 4.57 Å². The highest BCUT2D eigenvalue weighted by Crippen LogP contribution is 2.19. The van der Waals surface area contributed by atoms with E-state index in [1.807, 2.05) is 12.1 Å². The van der Waals surface area contributed by atoms with Crippen LogP contribution in [0.5, 0.6) is 0 Å². The van der Waals surface area contributed by atoms with E-state index < -0.39 is 0 Å². The van der Waals surface area contributed by atoms with Crippen LogP contribution in [0.4, 0.5) is 0 Å². The molecule has 0 bridgehead atoms. The highest BCUT2D eigenvalue weighted by atomic mass is 32.2. The number of carbonyl (C=O) groups is 1. The summed E-state index contributed by atoms with van der Waals surface area (Å²) in [4.78, 5) is 17.8. The number of amides is 1. The Balaban J connectivity index is 1.92. The van der Waals surface area contributed by atoms with Gasteiger partial charge in [-0.1, -0.05) is 48.6 Å². The lowest BCUT2D eigenvalue weighted by molar-refractivity contribution is -0.117. The molecule has 0 aliphatic rings. The number of fused-ring (bicyclic) bond motifs is 1. The van der Waals surface area contributed by atoms with Gasteiger partial charge >= 0.3 is 0 Å². The van der Waals surface area contributed by atoms with Gasteiger partial charge in [-0.2, -0.15) is 16.8 Å². The summed E-state index contributed by atoms with van der Waals surface area (Å²) in [6, 6.07) is 14.7. The zero-order chi connectivity index (χ0) is 18.5. The number of aryl methyl sites for hydroxylation is 3. The Morgan fingerprint density at radius 1 is 1.15 bits per heavy atom. The first-order chi connectivity index (χ1) is 12.6. The van der Waals surface area contributed by atoms with Crippen LogP contribution in [0.25, 0.3) is 10.2 Å². The molecule has 0 radical (unpaired) electrons. The monoisotopic (exact) mass is 384 g/mol. The number of hydrogen-bond donors (Lipinski definition) is 0. The summed E-state index contributed by atoms with van der Waals surface area (Å²) in [5.41, 5.74) is 4.69. The maximum Gasteiger partial charge on any atom is 0.252 e. The van der Waals surface area contributed by atoms with Gasteiger partial charge in [-0.05, 0) is 48.4 Å². The number of rotatable bonds is 6. The van der Waals surface area contributed by atoms with Gasteiger partial charge in [0.2, 0.25) is 0 Å². The van der Waals surface area contributed by atoms with E-state index in [1.54, 1.807) is 23.1 Å². The molecule has 26 heavy (non-hydrogen) atoms. The van der Waals surface area contributed by atoms with E-state index in [-0.39, 0.29) is 5.91 Å². The summed E-state index contributed by atoms with van der Waals surface area (Å²) in [7, 11) is 0. The van der Waals surface area contributed by atoms with Crippen LogP contribution < -0.4 is 4.80 Å². The van der Waals surface area contributed by atoms with E-state index in [0.29, 0.717) is 6.42 Å². The van der Waals surface area contributed by atoms with Gasteiger partial charge in [-0.25, -0.2) is 0 Å². The van der Waals surface area contributed by atoms with Gasteiger partial charge in [-0.15, -0.1) is 0 Å². The average molecular weight is 385 g/mol. The minimum Gasteiger partial charge on any atom is -0.316 e. The molecule has 3 rings (SSSR count). The first-order valence-corrected chi connectivity index (χ1v) is 11.1. The SMILES string of the molecule is CCc1ccc(CC(=O)N=c2sc3cc(C)ccc3n2CCSC)cc1. The van der Waals surface area contributed by atoms with Crippen molar-refractivity contribution in [2.75, 3.05) is 12.0 Å². The molecule has 1 amide bonds. The Hall–Kier alpha value is -1.85. The van der Waals surface area contributed by atoms with Gasteiger partial charge in [0.25, 0.3) is 5.91 Å². The molecule has 2 aromatic carbocycles. The van der Waals surface area contributed by atoms with Crippen LogP contribution in [0.15, 0.2) is 47.5 Å². The van der Waals surface area contributed by atoms with Crippen molar-refractivity contribution in [2.45, 2.75) is 33.2 Å². The third-order valence-electron chi connectivity index (χ3n) is 4.36. The summed E-state index contributed by atoms with van der Waals surface area (Å²) in [5.74, 6) is 0.912. The first-order valence-electron chi connectivity index (χ1n) is 8.85. The number of thiazole rings is 1. The first kappa shape index (κ1) is 18.9. The Morgan fingerprint density at radius 3 is 2.58 bits per heavy atom. The summed E-state index contributed by atoms with van der Waals surface area (Å²) < 4.78 is 3.36. The number of nitrogens with zero attached hydrogens (tertiary/aromatic N) is 2. The van der Waals surface area contributed by atoms with Crippen molar-refractivity contribution >= 4 is 39.2 Å². The standard InChI is InChI=1S/C21H24N2OS2/c1-4-16-6-8-17(9-7-16)14-20(24)22-21-23(11-12-25-3)18-10-5-15(2)13-19(18)26-21/h5-10,13H,4,11-12,14H2,1-3H3. The molecule has 0 atom stereocenters. The van der Waals surface area contributed by atoms with Crippen molar-refractivity contribution in [3.63, 3.8) is 0 Å². The van der Waals surface area contributed by atoms with Gasteiger partial charge in [0.05, 0.1) is 16.6 Å². The van der Waals surface area contributed by atoms with Crippen molar-refractivity contribution in [3.8, 4) is 0 Å². The summed E-state index contributed by atoms with van der Waals surface area (Å²) in [6.45, 7) is 5.08. The lowest BCUT2D eigenvalue weighted by atomic mass is 10.1. The topological polar surface area (TPSA) is 34.4 Å². The number of hydrogen-bond acceptors (Lipinski definition) is 3. The molecule has 1 aromatic heterocycles. The number of carbonyl (C=O) groups excluding carboxylic acids is 1. The summed E-state index contributed by atoms with van der Waals surface area (Å²) in [6.07, 6.45) is 3.45. The van der Waals surface area contributed by atoms with Gasteiger partial charge in [0, 0.05) is 12.3 Å². The second-order valence-corrected chi connectivity index (χ2v) is 8.35. The maximum absolute atomic E-state index is 12.5. The lowest BCUT2D eigenvalue weighted by Crippen LogP contribution is -2.18. The van der Waals surface area contributed by atoms with Crippen LogP contribution >= 0.6 is 23.1 Å². The second-order valence-electron chi connectivity index (χ2n) is 6.35. The largest absolute Gasteiger partial charge is 0.316 e. The molecule has 3 aromatic rings. The molecule has 3 nitrogen and oxygen atoms in total. The van der Waals surface area contributed by atoms with E-state index in [4.69, 9.17) is 0 Å². The third kappa shape index (κ3) is 4.46. The van der Waals surface area contributed by atoms with Crippen molar-refractivity contribution in [1.82, 2.24) is 4.57 Å². The smallest absolute Gasteiger partial charge is 0.252 e. The fourth-order valence-electron chi connectivity index (χ4n) is 2.88. The maximum atomic E-state index is 12.5. The molecule has 0 N–H and O–H groups in total. The number of aromatic nitrogens is 1. The van der Waals surface area contributed by atoms with Crippen molar-refractivity contribution < 1.29 is 4.79 Å². The predicted octanol–water partition coefficient (Wildman–Crippen LogP) is 4.61. The van der Waals surface area contributed by atoms with E-state index in [9.17, 15) is 4.79 Å². The van der Waals surface area contributed by atoms with Crippen LogP contribution in [0, 0.1) is 6.92 Å². The molecular formula is C21H24N2OS2. The summed E-state index contributed by atoms with van der Waals surface area (Å²) in [5, 5.41) is 0. The average Bonchev–Trinajstić information content (AvgIpc) is 2.96. The lowest BCUT2D eigenvalue weighted by Gasteiger charge is -2.04. The second kappa shape index (κ2) is 8.69. The molecule has 0 aliphatic heterocycles. The van der Waals surface area contributed by atoms with Gasteiger partial charge in [0.15, 0.2) is 4.80 Å². The highest BCUT2D eigenvalue weighted by molar-refractivity contribution is 7.98. The van der Waals surface area contributed by atoms with E-state index in [1.165, 1.54) is 15.8 Å². The Labute approximate surface area is 162 Å². The van der Waals surface area contributed by atoms with E-state index >= 15 is 0 Å². The fourth-order valence-corrected chi connectivity index (χ4v) is 4.41. The molecule has 0 spiro atoms. The highest BCUT2D eigenvalue weighted by Gasteiger charge is 2.09. The zero-order valence-electron chi connectivity index (χ0n) is 15.5. The van der Waals surface area contributed by atoms with Crippen LogP contribution in [-0.2, 0) is 24.2 Å². The van der Waals surface area contributed by atoms with Crippen molar-refractivity contribution in [2.24, 2.45) is 4.99 Å². The third-order valence-corrected chi connectivity index (χ3v) is 6.00. The molecule has 5 heteroatoms. The fraction of sp³-hybridized carbons (Fsp3) is 0.333. The normalized spacial score (nSPS) is 12.0. The van der Waals surface area contributed by atoms with Crippen LogP contribution in [0.2, 0.25) is 0 Å². The molecule has 0 saturated carbocycles. The van der Waals surface area contributed by atoms with E-state index in [0.717, 1.165) is 34.6 Å². The Kier molecular flexibility index (Phi) is 6.33. The van der Waals surface area contributed by atoms with E-state index in [2.05, 4.69) is 60.0 Å². The van der Waals surface area contributed by atoms with Crippen molar-refractivity contribution in [3.05, 3.63) is 64.0 Å². The van der Waals surface area contributed by atoms with Gasteiger partial charge in [-0.3, -0.25) is 4.79 Å². The molecule has 0 aliphatic carbocycles. The van der Waals surface area contributed by atoms with Crippen molar-refractivity contribution in [1.29, 1.82) is 0 Å². The molecule has 136 valence electrons. The Bertz CT molecular complexity index is 968. The molecule has 1 heterocycles. The van der Waals surface area contributed by atoms with Gasteiger partial charge in [0.1, 0.15) is 0 Å².